The summed E-state index contributed by atoms with van der Waals surface area (Å²) in [5.41, 5.74) is 6.77. The normalized spacial score (nSPS) is 11.4. The molecule has 3 aromatic rings. The number of nitrogens with two attached hydrogens (primary N) is 1. The number of nitrogens with zero attached hydrogens (tertiary/aromatic N) is 3. The van der Waals surface area contributed by atoms with Gasteiger partial charge < -0.3 is 10.3 Å². The molecule has 114 valence electrons. The van der Waals surface area contributed by atoms with E-state index in [1.54, 1.807) is 0 Å². The molecule has 0 aliphatic carbocycles. The van der Waals surface area contributed by atoms with Crippen molar-refractivity contribution in [2.45, 2.75) is 26.6 Å². The molecule has 1 aromatic heterocycles. The van der Waals surface area contributed by atoms with Gasteiger partial charge in [0.2, 0.25) is 5.89 Å². The van der Waals surface area contributed by atoms with Crippen LogP contribution in [0.25, 0.3) is 10.8 Å². The molecule has 0 aliphatic rings. The maximum atomic E-state index is 5.49. The summed E-state index contributed by atoms with van der Waals surface area (Å²) in [7, 11) is 0. The van der Waals surface area contributed by atoms with E-state index in [4.69, 9.17) is 10.3 Å². The van der Waals surface area contributed by atoms with Crippen molar-refractivity contribution in [1.82, 2.24) is 15.0 Å². The lowest BCUT2D eigenvalue weighted by molar-refractivity contribution is 0.259. The van der Waals surface area contributed by atoms with Crippen molar-refractivity contribution in [2.24, 2.45) is 5.73 Å². The van der Waals surface area contributed by atoms with Crippen LogP contribution in [0.15, 0.2) is 47.0 Å². The lowest BCUT2D eigenvalue weighted by atomic mass is 10.1. The SMILES string of the molecule is CCN(Cc1ccc2ccccc2c1)Cc1noc(CN)n1. The van der Waals surface area contributed by atoms with Gasteiger partial charge in [0.1, 0.15) is 0 Å². The predicted molar refractivity (Wildman–Crippen MR) is 85.9 cm³/mol. The first-order chi connectivity index (χ1) is 10.8. The summed E-state index contributed by atoms with van der Waals surface area (Å²) in [5, 5.41) is 6.49. The van der Waals surface area contributed by atoms with E-state index in [-0.39, 0.29) is 6.54 Å². The van der Waals surface area contributed by atoms with Crippen molar-refractivity contribution in [2.75, 3.05) is 6.54 Å². The molecule has 22 heavy (non-hydrogen) atoms. The first-order valence-corrected chi connectivity index (χ1v) is 7.50. The largest absolute Gasteiger partial charge is 0.338 e. The second-order valence-electron chi connectivity index (χ2n) is 5.29. The highest BCUT2D eigenvalue weighted by molar-refractivity contribution is 5.82. The van der Waals surface area contributed by atoms with Gasteiger partial charge in [-0.2, -0.15) is 4.98 Å². The fraction of sp³-hybridized carbons (Fsp3) is 0.294. The van der Waals surface area contributed by atoms with Crippen LogP contribution in [0.3, 0.4) is 0 Å². The van der Waals surface area contributed by atoms with Gasteiger partial charge >= 0.3 is 0 Å². The Labute approximate surface area is 129 Å². The Morgan fingerprint density at radius 1 is 1.09 bits per heavy atom. The Morgan fingerprint density at radius 2 is 1.91 bits per heavy atom. The van der Waals surface area contributed by atoms with Gasteiger partial charge in [-0.3, -0.25) is 4.90 Å². The average Bonchev–Trinajstić information content (AvgIpc) is 3.01. The van der Waals surface area contributed by atoms with Crippen LogP contribution in [0, 0.1) is 0 Å². The molecule has 0 atom stereocenters. The summed E-state index contributed by atoms with van der Waals surface area (Å²) in [6.45, 7) is 4.84. The van der Waals surface area contributed by atoms with Crippen LogP contribution in [0.5, 0.6) is 0 Å². The lowest BCUT2D eigenvalue weighted by Crippen LogP contribution is -2.23. The van der Waals surface area contributed by atoms with Gasteiger partial charge in [-0.15, -0.1) is 0 Å². The molecule has 0 radical (unpaired) electrons. The van der Waals surface area contributed by atoms with Crippen molar-refractivity contribution >= 4 is 10.8 Å². The molecule has 2 aromatic carbocycles. The smallest absolute Gasteiger partial charge is 0.240 e. The minimum Gasteiger partial charge on any atom is -0.338 e. The summed E-state index contributed by atoms with van der Waals surface area (Å²) >= 11 is 0. The van der Waals surface area contributed by atoms with E-state index in [0.717, 1.165) is 13.1 Å². The maximum absolute atomic E-state index is 5.49. The van der Waals surface area contributed by atoms with E-state index in [1.807, 2.05) is 0 Å². The van der Waals surface area contributed by atoms with Crippen LogP contribution < -0.4 is 5.73 Å². The van der Waals surface area contributed by atoms with Crippen molar-refractivity contribution in [3.8, 4) is 0 Å². The van der Waals surface area contributed by atoms with E-state index >= 15 is 0 Å². The van der Waals surface area contributed by atoms with Gasteiger partial charge in [-0.05, 0) is 28.9 Å². The molecule has 0 fully saturated rings. The number of fused-ring (bicyclic) bond motifs is 1. The number of benzene rings is 2. The number of aromatic nitrogens is 2. The zero-order chi connectivity index (χ0) is 15.4. The third kappa shape index (κ3) is 3.32. The van der Waals surface area contributed by atoms with E-state index in [9.17, 15) is 0 Å². The third-order valence-corrected chi connectivity index (χ3v) is 3.72. The molecule has 0 spiro atoms. The van der Waals surface area contributed by atoms with Crippen molar-refractivity contribution in [1.29, 1.82) is 0 Å². The van der Waals surface area contributed by atoms with Gasteiger partial charge in [0.15, 0.2) is 5.82 Å². The molecule has 0 unspecified atom stereocenters. The zero-order valence-corrected chi connectivity index (χ0v) is 12.7. The zero-order valence-electron chi connectivity index (χ0n) is 12.7. The predicted octanol–water partition coefficient (Wildman–Crippen LogP) is 2.70. The maximum Gasteiger partial charge on any atom is 0.240 e. The van der Waals surface area contributed by atoms with Crippen LogP contribution in [-0.4, -0.2) is 21.6 Å². The van der Waals surface area contributed by atoms with E-state index in [0.29, 0.717) is 18.3 Å². The van der Waals surface area contributed by atoms with E-state index < -0.39 is 0 Å². The standard InChI is InChI=1S/C17H20N4O/c1-2-21(12-16-19-17(10-18)22-20-16)11-13-7-8-14-5-3-4-6-15(14)9-13/h3-9H,2,10-12,18H2,1H3. The molecule has 0 aliphatic heterocycles. The quantitative estimate of drug-likeness (QED) is 0.757. The van der Waals surface area contributed by atoms with Crippen LogP contribution in [0.4, 0.5) is 0 Å². The van der Waals surface area contributed by atoms with Gasteiger partial charge in [0.05, 0.1) is 13.1 Å². The van der Waals surface area contributed by atoms with Crippen LogP contribution in [0.2, 0.25) is 0 Å². The summed E-state index contributed by atoms with van der Waals surface area (Å²) in [6, 6.07) is 15.0. The fourth-order valence-electron chi connectivity index (χ4n) is 2.51. The Kier molecular flexibility index (Phi) is 4.46. The monoisotopic (exact) mass is 296 g/mol. The molecule has 2 N–H and O–H groups in total. The van der Waals surface area contributed by atoms with Gasteiger partial charge in [-0.25, -0.2) is 0 Å². The van der Waals surface area contributed by atoms with Gasteiger partial charge in [0.25, 0.3) is 0 Å². The highest BCUT2D eigenvalue weighted by atomic mass is 16.5. The van der Waals surface area contributed by atoms with Crippen molar-refractivity contribution in [3.05, 3.63) is 59.7 Å². The summed E-state index contributed by atoms with van der Waals surface area (Å²) in [4.78, 5) is 6.54. The molecule has 0 saturated carbocycles. The average molecular weight is 296 g/mol. The lowest BCUT2D eigenvalue weighted by Gasteiger charge is -2.18. The number of hydrogen-bond acceptors (Lipinski definition) is 5. The Morgan fingerprint density at radius 3 is 2.64 bits per heavy atom. The Hall–Kier alpha value is -2.24. The molecular weight excluding hydrogens is 276 g/mol. The molecule has 1 heterocycles. The molecular formula is C17H20N4O. The second-order valence-corrected chi connectivity index (χ2v) is 5.29. The van der Waals surface area contributed by atoms with E-state index in [2.05, 4.69) is 64.4 Å². The molecule has 0 saturated heterocycles. The first-order valence-electron chi connectivity index (χ1n) is 7.50. The van der Waals surface area contributed by atoms with Crippen molar-refractivity contribution < 1.29 is 4.52 Å². The molecule has 3 rings (SSSR count). The van der Waals surface area contributed by atoms with Gasteiger partial charge in [-0.1, -0.05) is 48.5 Å². The van der Waals surface area contributed by atoms with Crippen molar-refractivity contribution in [3.63, 3.8) is 0 Å². The minimum absolute atomic E-state index is 0.282. The third-order valence-electron chi connectivity index (χ3n) is 3.72. The molecule has 5 heteroatoms. The Balaban J connectivity index is 1.73. The first kappa shape index (κ1) is 14.7. The number of rotatable bonds is 6. The summed E-state index contributed by atoms with van der Waals surface area (Å²) in [6.07, 6.45) is 0. The molecule has 5 nitrogen and oxygen atoms in total. The topological polar surface area (TPSA) is 68.2 Å². The summed E-state index contributed by atoms with van der Waals surface area (Å²) in [5.74, 6) is 1.17. The molecule has 0 bridgehead atoms. The van der Waals surface area contributed by atoms with E-state index in [1.165, 1.54) is 16.3 Å². The second kappa shape index (κ2) is 6.68. The summed E-state index contributed by atoms with van der Waals surface area (Å²) < 4.78 is 5.05. The minimum atomic E-state index is 0.282. The van der Waals surface area contributed by atoms with Crippen LogP contribution in [0.1, 0.15) is 24.2 Å². The fourth-order valence-corrected chi connectivity index (χ4v) is 2.51. The van der Waals surface area contributed by atoms with Gasteiger partial charge in [0, 0.05) is 6.54 Å². The van der Waals surface area contributed by atoms with Crippen LogP contribution in [-0.2, 0) is 19.6 Å². The Bertz CT molecular complexity index is 753. The highest BCUT2D eigenvalue weighted by Crippen LogP contribution is 2.17. The highest BCUT2D eigenvalue weighted by Gasteiger charge is 2.10. The molecule has 0 amide bonds. The van der Waals surface area contributed by atoms with Crippen LogP contribution >= 0.6 is 0 Å². The number of hydrogen-bond donors (Lipinski definition) is 1.